The van der Waals surface area contributed by atoms with Gasteiger partial charge in [-0.3, -0.25) is 4.99 Å². The van der Waals surface area contributed by atoms with Crippen molar-refractivity contribution in [2.45, 2.75) is 19.0 Å². The van der Waals surface area contributed by atoms with Gasteiger partial charge < -0.3 is 15.5 Å². The number of aliphatic imine (C=N–C) groups is 1. The zero-order valence-electron chi connectivity index (χ0n) is 15.9. The lowest BCUT2D eigenvalue weighted by molar-refractivity contribution is 0.612. The Hall–Kier alpha value is -3.15. The molecule has 3 aromatic rings. The fourth-order valence-electron chi connectivity index (χ4n) is 3.60. The summed E-state index contributed by atoms with van der Waals surface area (Å²) in [4.78, 5) is 10.5. The fourth-order valence-corrected chi connectivity index (χ4v) is 3.60. The smallest absolute Gasteiger partial charge is 0.191 e. The molecule has 1 aliphatic rings. The van der Waals surface area contributed by atoms with Gasteiger partial charge in [0.1, 0.15) is 0 Å². The molecule has 0 spiro atoms. The van der Waals surface area contributed by atoms with Crippen LogP contribution in [0, 0.1) is 5.82 Å². The average Bonchev–Trinajstić information content (AvgIpc) is 3.19. The third-order valence-electron chi connectivity index (χ3n) is 5.07. The lowest BCUT2D eigenvalue weighted by Crippen LogP contribution is -2.44. The van der Waals surface area contributed by atoms with Gasteiger partial charge in [0.15, 0.2) is 17.6 Å². The van der Waals surface area contributed by atoms with Gasteiger partial charge in [0.25, 0.3) is 0 Å². The van der Waals surface area contributed by atoms with E-state index in [-0.39, 0.29) is 11.9 Å². The van der Waals surface area contributed by atoms with E-state index in [1.165, 1.54) is 22.4 Å². The summed E-state index contributed by atoms with van der Waals surface area (Å²) >= 11 is 0. The quantitative estimate of drug-likeness (QED) is 0.541. The van der Waals surface area contributed by atoms with Crippen LogP contribution in [0.15, 0.2) is 65.8 Å². The zero-order valence-corrected chi connectivity index (χ0v) is 15.9. The molecule has 6 heteroatoms. The first-order chi connectivity index (χ1) is 13.7. The molecular formula is C22H24FN5. The normalized spacial score (nSPS) is 17.1. The van der Waals surface area contributed by atoms with E-state index in [0.717, 1.165) is 18.9 Å². The molecule has 4 rings (SSSR count). The Kier molecular flexibility index (Phi) is 5.37. The van der Waals surface area contributed by atoms with Crippen molar-refractivity contribution in [3.63, 3.8) is 0 Å². The molecule has 28 heavy (non-hydrogen) atoms. The molecule has 0 amide bonds. The first-order valence-corrected chi connectivity index (χ1v) is 9.53. The summed E-state index contributed by atoms with van der Waals surface area (Å²) in [6.07, 6.45) is 2.54. The van der Waals surface area contributed by atoms with Crippen LogP contribution in [0.3, 0.4) is 0 Å². The number of pyridine rings is 1. The monoisotopic (exact) mass is 377 g/mol. The van der Waals surface area contributed by atoms with E-state index in [4.69, 9.17) is 0 Å². The van der Waals surface area contributed by atoms with Crippen LogP contribution in [-0.2, 0) is 6.54 Å². The summed E-state index contributed by atoms with van der Waals surface area (Å²) in [6.45, 7) is 2.16. The van der Waals surface area contributed by atoms with Gasteiger partial charge >= 0.3 is 0 Å². The maximum absolute atomic E-state index is 14.0. The van der Waals surface area contributed by atoms with Crippen molar-refractivity contribution in [2.75, 3.05) is 25.0 Å². The largest absolute Gasteiger partial charge is 0.352 e. The second-order valence-corrected chi connectivity index (χ2v) is 6.99. The lowest BCUT2D eigenvalue weighted by atomic mass is 10.1. The van der Waals surface area contributed by atoms with Gasteiger partial charge in [-0.05, 0) is 41.0 Å². The zero-order chi connectivity index (χ0) is 19.3. The number of nitrogens with one attached hydrogen (secondary N) is 2. The summed E-state index contributed by atoms with van der Waals surface area (Å²) < 4.78 is 14.0. The predicted molar refractivity (Wildman–Crippen MR) is 112 cm³/mol. The molecule has 1 aliphatic heterocycles. The van der Waals surface area contributed by atoms with Crippen LogP contribution >= 0.6 is 0 Å². The highest BCUT2D eigenvalue weighted by Crippen LogP contribution is 2.21. The molecule has 0 aliphatic carbocycles. The highest BCUT2D eigenvalue weighted by molar-refractivity contribution is 5.83. The molecule has 0 saturated carbocycles. The minimum Gasteiger partial charge on any atom is -0.352 e. The van der Waals surface area contributed by atoms with Crippen LogP contribution in [0.2, 0.25) is 0 Å². The number of anilines is 1. The third kappa shape index (κ3) is 4.06. The highest BCUT2D eigenvalue weighted by atomic mass is 19.1. The molecule has 2 aromatic carbocycles. The molecular weight excluding hydrogens is 353 g/mol. The van der Waals surface area contributed by atoms with E-state index in [2.05, 4.69) is 57.0 Å². The van der Waals surface area contributed by atoms with Crippen LogP contribution in [0.1, 0.15) is 12.0 Å². The highest BCUT2D eigenvalue weighted by Gasteiger charge is 2.25. The van der Waals surface area contributed by atoms with E-state index in [1.54, 1.807) is 19.3 Å². The maximum Gasteiger partial charge on any atom is 0.191 e. The van der Waals surface area contributed by atoms with E-state index >= 15 is 0 Å². The first kappa shape index (κ1) is 18.2. The van der Waals surface area contributed by atoms with E-state index in [9.17, 15) is 4.39 Å². The van der Waals surface area contributed by atoms with Gasteiger partial charge in [0.05, 0.1) is 0 Å². The summed E-state index contributed by atoms with van der Waals surface area (Å²) in [6, 6.07) is 18.1. The molecule has 144 valence electrons. The molecule has 0 bridgehead atoms. The number of hydrogen-bond donors (Lipinski definition) is 2. The minimum atomic E-state index is -0.276. The second kappa shape index (κ2) is 8.25. The lowest BCUT2D eigenvalue weighted by Gasteiger charge is -2.20. The Labute approximate surface area is 164 Å². The number of benzene rings is 2. The molecule has 5 nitrogen and oxygen atoms in total. The van der Waals surface area contributed by atoms with Crippen LogP contribution in [-0.4, -0.2) is 37.1 Å². The molecule has 1 saturated heterocycles. The Morgan fingerprint density at radius 1 is 1.18 bits per heavy atom. The van der Waals surface area contributed by atoms with Gasteiger partial charge in [0.2, 0.25) is 0 Å². The second-order valence-electron chi connectivity index (χ2n) is 6.99. The summed E-state index contributed by atoms with van der Waals surface area (Å²) in [7, 11) is 1.76. The molecule has 2 N–H and O–H groups in total. The Morgan fingerprint density at radius 3 is 2.86 bits per heavy atom. The molecule has 0 radical (unpaired) electrons. The van der Waals surface area contributed by atoms with E-state index in [0.29, 0.717) is 18.9 Å². The number of fused-ring (bicyclic) bond motifs is 1. The van der Waals surface area contributed by atoms with Crippen LogP contribution in [0.4, 0.5) is 10.2 Å². The SMILES string of the molecule is CN=C(NCc1ccc2ccccc2c1)NC1CCN(c2ncccc2F)C1. The molecule has 1 atom stereocenters. The molecule has 1 aromatic heterocycles. The summed E-state index contributed by atoms with van der Waals surface area (Å²) in [5.41, 5.74) is 1.20. The summed E-state index contributed by atoms with van der Waals surface area (Å²) in [5.74, 6) is 0.898. The maximum atomic E-state index is 14.0. The Balaban J connectivity index is 1.34. The number of hydrogen-bond acceptors (Lipinski definition) is 3. The van der Waals surface area contributed by atoms with Gasteiger partial charge in [-0.15, -0.1) is 0 Å². The van der Waals surface area contributed by atoms with Crippen LogP contribution in [0.25, 0.3) is 10.8 Å². The van der Waals surface area contributed by atoms with Crippen molar-refractivity contribution >= 4 is 22.5 Å². The van der Waals surface area contributed by atoms with E-state index in [1.807, 2.05) is 11.0 Å². The van der Waals surface area contributed by atoms with Crippen molar-refractivity contribution in [3.05, 3.63) is 72.2 Å². The number of nitrogens with zero attached hydrogens (tertiary/aromatic N) is 3. The number of rotatable bonds is 4. The fraction of sp³-hybridized carbons (Fsp3) is 0.273. The van der Waals surface area contributed by atoms with Gasteiger partial charge in [-0.2, -0.15) is 0 Å². The Morgan fingerprint density at radius 2 is 2.04 bits per heavy atom. The Bertz CT molecular complexity index is 987. The standard InChI is InChI=1S/C22H24FN5/c1-24-22(26-14-16-8-9-17-5-2-3-6-18(17)13-16)27-19-10-12-28(15-19)21-20(23)7-4-11-25-21/h2-9,11,13,19H,10,12,14-15H2,1H3,(H2,24,26,27). The topological polar surface area (TPSA) is 52.6 Å². The van der Waals surface area contributed by atoms with Crippen molar-refractivity contribution in [2.24, 2.45) is 4.99 Å². The molecule has 2 heterocycles. The predicted octanol–water partition coefficient (Wildman–Crippen LogP) is 3.32. The van der Waals surface area contributed by atoms with Gasteiger partial charge in [0, 0.05) is 38.9 Å². The van der Waals surface area contributed by atoms with Crippen molar-refractivity contribution in [1.29, 1.82) is 0 Å². The van der Waals surface area contributed by atoms with Crippen LogP contribution < -0.4 is 15.5 Å². The number of guanidine groups is 1. The average molecular weight is 377 g/mol. The van der Waals surface area contributed by atoms with Gasteiger partial charge in [-0.1, -0.05) is 36.4 Å². The van der Waals surface area contributed by atoms with Crippen LogP contribution in [0.5, 0.6) is 0 Å². The molecule has 1 fully saturated rings. The number of aromatic nitrogens is 1. The number of halogens is 1. The van der Waals surface area contributed by atoms with E-state index < -0.39 is 0 Å². The third-order valence-corrected chi connectivity index (χ3v) is 5.07. The molecule has 1 unspecified atom stereocenters. The first-order valence-electron chi connectivity index (χ1n) is 9.53. The van der Waals surface area contributed by atoms with Crippen molar-refractivity contribution in [1.82, 2.24) is 15.6 Å². The van der Waals surface area contributed by atoms with Crippen molar-refractivity contribution < 1.29 is 4.39 Å². The minimum absolute atomic E-state index is 0.198. The summed E-state index contributed by atoms with van der Waals surface area (Å²) in [5, 5.41) is 9.28. The van der Waals surface area contributed by atoms with Gasteiger partial charge in [-0.25, -0.2) is 9.37 Å². The van der Waals surface area contributed by atoms with Crippen molar-refractivity contribution in [3.8, 4) is 0 Å².